The third-order valence-electron chi connectivity index (χ3n) is 3.96. The van der Waals surface area contributed by atoms with Crippen LogP contribution in [0, 0.1) is 0 Å². The lowest BCUT2D eigenvalue weighted by Crippen LogP contribution is -2.53. The summed E-state index contributed by atoms with van der Waals surface area (Å²) < 4.78 is 5.74. The zero-order chi connectivity index (χ0) is 15.2. The molecule has 1 aliphatic rings. The third kappa shape index (κ3) is 5.30. The molecule has 0 aliphatic carbocycles. The van der Waals surface area contributed by atoms with Crippen LogP contribution < -0.4 is 10.1 Å². The fourth-order valence-electron chi connectivity index (χ4n) is 2.71. The number of likely N-dealkylation sites (N-methyl/N-ethyl adjacent to an activating group) is 2. The Morgan fingerprint density at radius 2 is 2.10 bits per heavy atom. The van der Waals surface area contributed by atoms with Crippen LogP contribution in [0.25, 0.3) is 0 Å². The smallest absolute Gasteiger partial charge is 0.120 e. The molecule has 1 aromatic rings. The lowest BCUT2D eigenvalue weighted by molar-refractivity contribution is 0.113. The second-order valence-electron chi connectivity index (χ2n) is 6.34. The van der Waals surface area contributed by atoms with Crippen LogP contribution in [-0.4, -0.2) is 62.2 Å². The molecule has 2 rings (SSSR count). The molecule has 1 saturated heterocycles. The van der Waals surface area contributed by atoms with E-state index in [4.69, 9.17) is 4.74 Å². The molecule has 21 heavy (non-hydrogen) atoms. The highest BCUT2D eigenvalue weighted by Gasteiger charge is 2.21. The highest BCUT2D eigenvalue weighted by Crippen LogP contribution is 2.15. The van der Waals surface area contributed by atoms with Gasteiger partial charge >= 0.3 is 0 Å². The minimum absolute atomic E-state index is 0.222. The number of piperazine rings is 1. The number of nitrogens with one attached hydrogen (secondary N) is 1. The maximum atomic E-state index is 5.74. The zero-order valence-electron chi connectivity index (χ0n) is 13.8. The molecule has 0 aromatic heterocycles. The highest BCUT2D eigenvalue weighted by molar-refractivity contribution is 5.28. The number of benzene rings is 1. The molecule has 0 amide bonds. The number of hydrogen-bond donors (Lipinski definition) is 1. The van der Waals surface area contributed by atoms with Crippen LogP contribution in [-0.2, 0) is 6.54 Å². The van der Waals surface area contributed by atoms with Gasteiger partial charge in [0.2, 0.25) is 0 Å². The summed E-state index contributed by atoms with van der Waals surface area (Å²) in [6.07, 6.45) is 0.222. The largest absolute Gasteiger partial charge is 0.491 e. The molecule has 118 valence electrons. The predicted molar refractivity (Wildman–Crippen MR) is 87.8 cm³/mol. The molecule has 1 heterocycles. The van der Waals surface area contributed by atoms with Crippen LogP contribution in [0.5, 0.6) is 5.75 Å². The minimum Gasteiger partial charge on any atom is -0.491 e. The Labute approximate surface area is 129 Å². The Kier molecular flexibility index (Phi) is 6.03. The molecule has 0 bridgehead atoms. The Morgan fingerprint density at radius 3 is 2.86 bits per heavy atom. The molecule has 1 aliphatic heterocycles. The summed E-state index contributed by atoms with van der Waals surface area (Å²) in [5.74, 6) is 0.957. The summed E-state index contributed by atoms with van der Waals surface area (Å²) in [5, 5.41) is 3.58. The summed E-state index contributed by atoms with van der Waals surface area (Å²) in [6, 6.07) is 8.96. The maximum Gasteiger partial charge on any atom is 0.120 e. The highest BCUT2D eigenvalue weighted by atomic mass is 16.5. The van der Waals surface area contributed by atoms with Gasteiger partial charge in [0.15, 0.2) is 0 Å². The first-order chi connectivity index (χ1) is 10.0. The van der Waals surface area contributed by atoms with Gasteiger partial charge in [0.1, 0.15) is 5.75 Å². The van der Waals surface area contributed by atoms with E-state index in [2.05, 4.69) is 61.3 Å². The van der Waals surface area contributed by atoms with Gasteiger partial charge in [-0.05, 0) is 45.6 Å². The molecule has 0 spiro atoms. The van der Waals surface area contributed by atoms with Crippen molar-refractivity contribution in [1.29, 1.82) is 0 Å². The molecule has 4 heteroatoms. The summed E-state index contributed by atoms with van der Waals surface area (Å²) in [4.78, 5) is 4.86. The van der Waals surface area contributed by atoms with Crippen LogP contribution in [0.15, 0.2) is 24.3 Å². The average Bonchev–Trinajstić information content (AvgIpc) is 2.42. The normalized spacial score (nSPS) is 20.9. The van der Waals surface area contributed by atoms with Crippen molar-refractivity contribution in [1.82, 2.24) is 15.1 Å². The molecule has 1 N–H and O–H groups in total. The van der Waals surface area contributed by atoms with Gasteiger partial charge in [0, 0.05) is 38.8 Å². The second-order valence-corrected chi connectivity index (χ2v) is 6.34. The van der Waals surface area contributed by atoms with Gasteiger partial charge in [-0.2, -0.15) is 0 Å². The minimum atomic E-state index is 0.222. The first-order valence-corrected chi connectivity index (χ1v) is 7.89. The van der Waals surface area contributed by atoms with E-state index < -0.39 is 0 Å². The third-order valence-corrected chi connectivity index (χ3v) is 3.96. The van der Waals surface area contributed by atoms with Crippen molar-refractivity contribution in [2.45, 2.75) is 32.5 Å². The van der Waals surface area contributed by atoms with Crippen LogP contribution >= 0.6 is 0 Å². The van der Waals surface area contributed by atoms with E-state index in [1.165, 1.54) is 12.1 Å². The van der Waals surface area contributed by atoms with Gasteiger partial charge in [0.25, 0.3) is 0 Å². The second kappa shape index (κ2) is 7.78. The van der Waals surface area contributed by atoms with Gasteiger partial charge < -0.3 is 15.0 Å². The summed E-state index contributed by atoms with van der Waals surface area (Å²) in [7, 11) is 4.42. The van der Waals surface area contributed by atoms with Crippen molar-refractivity contribution in [2.75, 3.05) is 40.3 Å². The van der Waals surface area contributed by atoms with Gasteiger partial charge in [-0.1, -0.05) is 12.1 Å². The van der Waals surface area contributed by atoms with Crippen molar-refractivity contribution >= 4 is 0 Å². The molecule has 0 saturated carbocycles. The Bertz CT molecular complexity index is 436. The fourth-order valence-corrected chi connectivity index (χ4v) is 2.71. The molecule has 4 nitrogen and oxygen atoms in total. The van der Waals surface area contributed by atoms with Crippen molar-refractivity contribution in [3.05, 3.63) is 29.8 Å². The van der Waals surface area contributed by atoms with Crippen LogP contribution in [0.2, 0.25) is 0 Å². The average molecular weight is 291 g/mol. The molecular formula is C17H29N3O. The first-order valence-electron chi connectivity index (χ1n) is 7.89. The Balaban J connectivity index is 1.80. The Hall–Kier alpha value is -1.10. The fraction of sp³-hybridized carbons (Fsp3) is 0.647. The van der Waals surface area contributed by atoms with Crippen LogP contribution in [0.1, 0.15) is 19.4 Å². The van der Waals surface area contributed by atoms with E-state index in [0.29, 0.717) is 6.04 Å². The van der Waals surface area contributed by atoms with E-state index in [-0.39, 0.29) is 6.10 Å². The van der Waals surface area contributed by atoms with E-state index in [9.17, 15) is 0 Å². The predicted octanol–water partition coefficient (Wildman–Crippen LogP) is 1.81. The lowest BCUT2D eigenvalue weighted by Gasteiger charge is -2.37. The summed E-state index contributed by atoms with van der Waals surface area (Å²) in [6.45, 7) is 9.49. The molecule has 1 aromatic carbocycles. The number of rotatable bonds is 6. The van der Waals surface area contributed by atoms with E-state index in [1.807, 2.05) is 6.07 Å². The van der Waals surface area contributed by atoms with Crippen LogP contribution in [0.3, 0.4) is 0 Å². The van der Waals surface area contributed by atoms with Crippen molar-refractivity contribution in [3.8, 4) is 5.75 Å². The molecule has 1 unspecified atom stereocenters. The summed E-state index contributed by atoms with van der Waals surface area (Å²) in [5.41, 5.74) is 1.28. The topological polar surface area (TPSA) is 27.7 Å². The SMILES string of the molecule is CC(C)Oc1cccc(CNCC2CN(C)CCN2C)c1. The molecular weight excluding hydrogens is 262 g/mol. The lowest BCUT2D eigenvalue weighted by atomic mass is 10.1. The van der Waals surface area contributed by atoms with Crippen molar-refractivity contribution in [2.24, 2.45) is 0 Å². The quantitative estimate of drug-likeness (QED) is 0.865. The van der Waals surface area contributed by atoms with E-state index >= 15 is 0 Å². The Morgan fingerprint density at radius 1 is 1.29 bits per heavy atom. The number of hydrogen-bond acceptors (Lipinski definition) is 4. The summed E-state index contributed by atoms with van der Waals surface area (Å²) >= 11 is 0. The monoisotopic (exact) mass is 291 g/mol. The van der Waals surface area contributed by atoms with Gasteiger partial charge in [-0.25, -0.2) is 0 Å². The van der Waals surface area contributed by atoms with Crippen LogP contribution in [0.4, 0.5) is 0 Å². The number of ether oxygens (including phenoxy) is 1. The maximum absolute atomic E-state index is 5.74. The number of nitrogens with zero attached hydrogens (tertiary/aromatic N) is 2. The first kappa shape index (κ1) is 16.3. The van der Waals surface area contributed by atoms with Crippen molar-refractivity contribution in [3.63, 3.8) is 0 Å². The van der Waals surface area contributed by atoms with Gasteiger partial charge in [0.05, 0.1) is 6.10 Å². The van der Waals surface area contributed by atoms with Gasteiger partial charge in [-0.3, -0.25) is 4.90 Å². The molecule has 1 atom stereocenters. The van der Waals surface area contributed by atoms with E-state index in [1.54, 1.807) is 0 Å². The van der Waals surface area contributed by atoms with Crippen molar-refractivity contribution < 1.29 is 4.74 Å². The van der Waals surface area contributed by atoms with Gasteiger partial charge in [-0.15, -0.1) is 0 Å². The zero-order valence-corrected chi connectivity index (χ0v) is 13.8. The van der Waals surface area contributed by atoms with E-state index in [0.717, 1.165) is 31.9 Å². The molecule has 1 fully saturated rings. The standard InChI is InChI=1S/C17H29N3O/c1-14(2)21-17-7-5-6-15(10-17)11-18-12-16-13-19(3)8-9-20(16)4/h5-7,10,14,16,18H,8-9,11-13H2,1-4H3. The molecule has 0 radical (unpaired) electrons.